The van der Waals surface area contributed by atoms with Crippen LogP contribution < -0.4 is 11.1 Å². The lowest BCUT2D eigenvalue weighted by Gasteiger charge is -2.06. The van der Waals surface area contributed by atoms with E-state index in [1.807, 2.05) is 30.3 Å². The molecular formula is C18H17N5O3. The summed E-state index contributed by atoms with van der Waals surface area (Å²) < 4.78 is 6.09. The van der Waals surface area contributed by atoms with Crippen LogP contribution in [0, 0.1) is 0 Å². The molecule has 1 amide bonds. The Morgan fingerprint density at radius 3 is 2.46 bits per heavy atom. The van der Waals surface area contributed by atoms with Gasteiger partial charge in [0.15, 0.2) is 11.5 Å². The van der Waals surface area contributed by atoms with Crippen molar-refractivity contribution in [2.45, 2.75) is 6.54 Å². The fourth-order valence-electron chi connectivity index (χ4n) is 2.35. The second-order valence-electron chi connectivity index (χ2n) is 5.49. The van der Waals surface area contributed by atoms with Crippen molar-refractivity contribution in [2.75, 3.05) is 18.2 Å². The van der Waals surface area contributed by atoms with Crippen LogP contribution >= 0.6 is 0 Å². The first kappa shape index (κ1) is 17.2. The molecule has 0 atom stereocenters. The van der Waals surface area contributed by atoms with E-state index in [-0.39, 0.29) is 11.5 Å². The fourth-order valence-corrected chi connectivity index (χ4v) is 2.35. The van der Waals surface area contributed by atoms with Gasteiger partial charge in [0, 0.05) is 5.69 Å². The zero-order chi connectivity index (χ0) is 18.5. The second-order valence-corrected chi connectivity index (χ2v) is 5.49. The van der Waals surface area contributed by atoms with E-state index < -0.39 is 11.9 Å². The van der Waals surface area contributed by atoms with Crippen molar-refractivity contribution in [3.63, 3.8) is 0 Å². The van der Waals surface area contributed by atoms with E-state index >= 15 is 0 Å². The maximum absolute atomic E-state index is 12.4. The van der Waals surface area contributed by atoms with Gasteiger partial charge in [0.2, 0.25) is 0 Å². The van der Waals surface area contributed by atoms with Crippen LogP contribution in [0.15, 0.2) is 54.6 Å². The minimum absolute atomic E-state index is 0.0398. The lowest BCUT2D eigenvalue weighted by atomic mass is 10.2. The number of benzene rings is 2. The number of nitrogens with two attached hydrogens (primary N) is 1. The molecule has 132 valence electrons. The van der Waals surface area contributed by atoms with E-state index in [1.54, 1.807) is 24.3 Å². The van der Waals surface area contributed by atoms with Gasteiger partial charge >= 0.3 is 5.97 Å². The monoisotopic (exact) mass is 351 g/mol. The number of aromatic nitrogens is 3. The Morgan fingerprint density at radius 2 is 1.81 bits per heavy atom. The van der Waals surface area contributed by atoms with Gasteiger partial charge in [-0.25, -0.2) is 9.48 Å². The van der Waals surface area contributed by atoms with Gasteiger partial charge in [-0.1, -0.05) is 35.5 Å². The van der Waals surface area contributed by atoms with Crippen molar-refractivity contribution >= 4 is 23.4 Å². The molecule has 0 fully saturated rings. The maximum atomic E-state index is 12.4. The van der Waals surface area contributed by atoms with Crippen molar-refractivity contribution in [3.8, 4) is 0 Å². The predicted molar refractivity (Wildman–Crippen MR) is 95.7 cm³/mol. The Bertz CT molecular complexity index is 920. The first-order valence-corrected chi connectivity index (χ1v) is 7.81. The highest BCUT2D eigenvalue weighted by Crippen LogP contribution is 2.15. The Morgan fingerprint density at radius 1 is 1.12 bits per heavy atom. The summed E-state index contributed by atoms with van der Waals surface area (Å²) in [6, 6.07) is 15.9. The highest BCUT2D eigenvalue weighted by Gasteiger charge is 2.18. The molecule has 1 aromatic heterocycles. The minimum atomic E-state index is -0.479. The Labute approximate surface area is 149 Å². The Kier molecular flexibility index (Phi) is 4.93. The molecule has 26 heavy (non-hydrogen) atoms. The first-order chi connectivity index (χ1) is 12.6. The van der Waals surface area contributed by atoms with Gasteiger partial charge in [0.05, 0.1) is 19.2 Å². The van der Waals surface area contributed by atoms with Crippen LogP contribution in [0.5, 0.6) is 0 Å². The highest BCUT2D eigenvalue weighted by atomic mass is 16.5. The van der Waals surface area contributed by atoms with Crippen LogP contribution in [0.25, 0.3) is 0 Å². The highest BCUT2D eigenvalue weighted by molar-refractivity contribution is 6.05. The van der Waals surface area contributed by atoms with Crippen LogP contribution in [0.1, 0.15) is 26.4 Å². The van der Waals surface area contributed by atoms with Gasteiger partial charge in [0.1, 0.15) is 0 Å². The quantitative estimate of drug-likeness (QED) is 0.680. The van der Waals surface area contributed by atoms with E-state index in [0.717, 1.165) is 5.56 Å². The van der Waals surface area contributed by atoms with Crippen LogP contribution in [0.2, 0.25) is 0 Å². The van der Waals surface area contributed by atoms with Gasteiger partial charge in [-0.15, -0.1) is 5.10 Å². The number of hydrogen-bond acceptors (Lipinski definition) is 6. The third kappa shape index (κ3) is 3.69. The lowest BCUT2D eigenvalue weighted by Crippen LogP contribution is -2.15. The van der Waals surface area contributed by atoms with E-state index in [4.69, 9.17) is 5.73 Å². The average Bonchev–Trinajstić information content (AvgIpc) is 3.03. The zero-order valence-electron chi connectivity index (χ0n) is 14.0. The largest absolute Gasteiger partial charge is 0.465 e. The molecule has 3 rings (SSSR count). The van der Waals surface area contributed by atoms with Gasteiger partial charge in [0.25, 0.3) is 5.91 Å². The molecule has 0 saturated heterocycles. The normalized spacial score (nSPS) is 10.3. The molecule has 0 bridgehead atoms. The SMILES string of the molecule is COC(=O)c1ccc(NC(=O)c2nnn(Cc3ccccc3)c2N)cc1. The molecular weight excluding hydrogens is 334 g/mol. The van der Waals surface area contributed by atoms with Crippen LogP contribution in [-0.2, 0) is 11.3 Å². The van der Waals surface area contributed by atoms with E-state index in [2.05, 4.69) is 20.4 Å². The van der Waals surface area contributed by atoms with Gasteiger partial charge in [-0.3, -0.25) is 4.79 Å². The molecule has 1 heterocycles. The van der Waals surface area contributed by atoms with Gasteiger partial charge in [-0.2, -0.15) is 0 Å². The standard InChI is InChI=1S/C18H17N5O3/c1-26-18(25)13-7-9-14(10-8-13)20-17(24)15-16(19)23(22-21-15)11-12-5-3-2-4-6-12/h2-10H,11,19H2,1H3,(H,20,24). The molecule has 0 saturated carbocycles. The molecule has 3 aromatic rings. The number of nitrogen functional groups attached to an aromatic ring is 1. The molecule has 0 spiro atoms. The maximum Gasteiger partial charge on any atom is 0.337 e. The number of ether oxygens (including phenoxy) is 1. The Hall–Kier alpha value is -3.68. The van der Waals surface area contributed by atoms with E-state index in [0.29, 0.717) is 17.8 Å². The van der Waals surface area contributed by atoms with E-state index in [1.165, 1.54) is 11.8 Å². The number of carbonyl (C=O) groups excluding carboxylic acids is 2. The zero-order valence-corrected chi connectivity index (χ0v) is 14.0. The molecule has 8 heteroatoms. The number of esters is 1. The molecule has 2 aromatic carbocycles. The number of rotatable bonds is 5. The van der Waals surface area contributed by atoms with E-state index in [9.17, 15) is 9.59 Å². The van der Waals surface area contributed by atoms with Crippen molar-refractivity contribution < 1.29 is 14.3 Å². The van der Waals surface area contributed by atoms with Crippen molar-refractivity contribution in [1.29, 1.82) is 0 Å². The molecule has 0 aliphatic carbocycles. The minimum Gasteiger partial charge on any atom is -0.465 e. The summed E-state index contributed by atoms with van der Waals surface area (Å²) in [7, 11) is 1.31. The van der Waals surface area contributed by atoms with Crippen molar-refractivity contribution in [3.05, 3.63) is 71.4 Å². The smallest absolute Gasteiger partial charge is 0.337 e. The predicted octanol–water partition coefficient (Wildman–Crippen LogP) is 1.95. The summed E-state index contributed by atoms with van der Waals surface area (Å²) in [4.78, 5) is 23.8. The number of nitrogens with one attached hydrogen (secondary N) is 1. The summed E-state index contributed by atoms with van der Waals surface area (Å²) in [5, 5.41) is 10.5. The second kappa shape index (κ2) is 7.47. The lowest BCUT2D eigenvalue weighted by molar-refractivity contribution is 0.0600. The average molecular weight is 351 g/mol. The van der Waals surface area contributed by atoms with Gasteiger partial charge < -0.3 is 15.8 Å². The summed E-state index contributed by atoms with van der Waals surface area (Å²) in [5.74, 6) is -0.749. The molecule has 8 nitrogen and oxygen atoms in total. The summed E-state index contributed by atoms with van der Waals surface area (Å²) in [5.41, 5.74) is 7.93. The molecule has 0 aliphatic rings. The number of carbonyl (C=O) groups is 2. The third-order valence-electron chi connectivity index (χ3n) is 3.73. The number of methoxy groups -OCH3 is 1. The topological polar surface area (TPSA) is 112 Å². The summed E-state index contributed by atoms with van der Waals surface area (Å²) >= 11 is 0. The van der Waals surface area contributed by atoms with Crippen LogP contribution in [0.3, 0.4) is 0 Å². The molecule has 0 aliphatic heterocycles. The Balaban J connectivity index is 1.71. The van der Waals surface area contributed by atoms with Crippen LogP contribution in [-0.4, -0.2) is 34.0 Å². The number of nitrogens with zero attached hydrogens (tertiary/aromatic N) is 3. The fraction of sp³-hybridized carbons (Fsp3) is 0.111. The number of anilines is 2. The molecule has 3 N–H and O–H groups in total. The number of hydrogen-bond donors (Lipinski definition) is 2. The summed E-state index contributed by atoms with van der Waals surface area (Å²) in [6.07, 6.45) is 0. The summed E-state index contributed by atoms with van der Waals surface area (Å²) in [6.45, 7) is 0.417. The van der Waals surface area contributed by atoms with Crippen molar-refractivity contribution in [2.24, 2.45) is 0 Å². The van der Waals surface area contributed by atoms with Crippen molar-refractivity contribution in [1.82, 2.24) is 15.0 Å². The molecule has 0 unspecified atom stereocenters. The van der Waals surface area contributed by atoms with Crippen LogP contribution in [0.4, 0.5) is 11.5 Å². The first-order valence-electron chi connectivity index (χ1n) is 7.81. The third-order valence-corrected chi connectivity index (χ3v) is 3.73. The molecule has 0 radical (unpaired) electrons. The number of amides is 1. The van der Waals surface area contributed by atoms with Gasteiger partial charge in [-0.05, 0) is 29.8 Å².